The highest BCUT2D eigenvalue weighted by Crippen LogP contribution is 2.46. The second-order valence-corrected chi connectivity index (χ2v) is 6.34. The summed E-state index contributed by atoms with van der Waals surface area (Å²) in [6.45, 7) is 6.13. The lowest BCUT2D eigenvalue weighted by Crippen LogP contribution is -2.53. The predicted molar refractivity (Wildman–Crippen MR) is 84.2 cm³/mol. The van der Waals surface area contributed by atoms with Crippen LogP contribution >= 0.6 is 0 Å². The van der Waals surface area contributed by atoms with Gasteiger partial charge in [-0.2, -0.15) is 0 Å². The first-order valence-electron chi connectivity index (χ1n) is 8.01. The Hall–Kier alpha value is -1.39. The minimum Gasteiger partial charge on any atom is -0.339 e. The van der Waals surface area contributed by atoms with Crippen LogP contribution in [0.2, 0.25) is 0 Å². The molecular weight excluding hydrogens is 262 g/mol. The van der Waals surface area contributed by atoms with E-state index in [1.54, 1.807) is 0 Å². The molecular formula is C17H25N3O. The van der Waals surface area contributed by atoms with Gasteiger partial charge in [-0.15, -0.1) is 0 Å². The van der Waals surface area contributed by atoms with Crippen molar-refractivity contribution in [3.63, 3.8) is 0 Å². The number of hydrogen-bond donors (Lipinski definition) is 2. The molecule has 1 saturated carbocycles. The number of carbonyl (C=O) groups excluding carboxylic acids is 1. The normalized spacial score (nSPS) is 28.4. The van der Waals surface area contributed by atoms with Crippen molar-refractivity contribution in [2.45, 2.75) is 25.3 Å². The highest BCUT2D eigenvalue weighted by Gasteiger charge is 2.37. The number of benzene rings is 1. The van der Waals surface area contributed by atoms with E-state index in [4.69, 9.17) is 0 Å². The second-order valence-electron chi connectivity index (χ2n) is 6.34. The maximum absolute atomic E-state index is 12.1. The van der Waals surface area contributed by atoms with E-state index < -0.39 is 0 Å². The fourth-order valence-electron chi connectivity index (χ4n) is 3.22. The largest absolute Gasteiger partial charge is 0.339 e. The van der Waals surface area contributed by atoms with Crippen molar-refractivity contribution in [1.82, 2.24) is 15.5 Å². The molecule has 2 fully saturated rings. The molecule has 2 N–H and O–H groups in total. The summed E-state index contributed by atoms with van der Waals surface area (Å²) in [6, 6.07) is 11.1. The SMILES string of the molecule is CC1CN(C(=O)CNCC2CC2c2ccccc2)CCN1. The third-order valence-corrected chi connectivity index (χ3v) is 4.55. The number of rotatable bonds is 5. The first kappa shape index (κ1) is 14.5. The van der Waals surface area contributed by atoms with Crippen LogP contribution in [0.5, 0.6) is 0 Å². The van der Waals surface area contributed by atoms with Gasteiger partial charge in [-0.25, -0.2) is 0 Å². The molecule has 0 radical (unpaired) electrons. The molecule has 1 aliphatic heterocycles. The van der Waals surface area contributed by atoms with E-state index in [1.165, 1.54) is 12.0 Å². The van der Waals surface area contributed by atoms with Crippen LogP contribution in [-0.4, -0.2) is 49.6 Å². The first-order valence-corrected chi connectivity index (χ1v) is 8.01. The highest BCUT2D eigenvalue weighted by molar-refractivity contribution is 5.78. The third-order valence-electron chi connectivity index (χ3n) is 4.55. The lowest BCUT2D eigenvalue weighted by Gasteiger charge is -2.32. The second kappa shape index (κ2) is 6.58. The Kier molecular flexibility index (Phi) is 4.56. The Balaban J connectivity index is 1.36. The highest BCUT2D eigenvalue weighted by atomic mass is 16.2. The Morgan fingerprint density at radius 1 is 1.38 bits per heavy atom. The van der Waals surface area contributed by atoms with Crippen LogP contribution < -0.4 is 10.6 Å². The molecule has 1 aliphatic carbocycles. The molecule has 2 aliphatic rings. The maximum Gasteiger partial charge on any atom is 0.236 e. The van der Waals surface area contributed by atoms with Crippen LogP contribution in [0, 0.1) is 5.92 Å². The number of amides is 1. The van der Waals surface area contributed by atoms with Crippen LogP contribution in [0.15, 0.2) is 30.3 Å². The molecule has 3 unspecified atom stereocenters. The molecule has 1 saturated heterocycles. The van der Waals surface area contributed by atoms with Gasteiger partial charge in [0.05, 0.1) is 6.54 Å². The Morgan fingerprint density at radius 3 is 2.95 bits per heavy atom. The quantitative estimate of drug-likeness (QED) is 0.855. The predicted octanol–water partition coefficient (Wildman–Crippen LogP) is 1.20. The molecule has 0 bridgehead atoms. The average Bonchev–Trinajstić information content (AvgIpc) is 3.28. The molecule has 3 atom stereocenters. The van der Waals surface area contributed by atoms with Crippen LogP contribution in [-0.2, 0) is 4.79 Å². The molecule has 1 amide bonds. The summed E-state index contributed by atoms with van der Waals surface area (Å²) in [4.78, 5) is 14.1. The number of carbonyl (C=O) groups is 1. The first-order chi connectivity index (χ1) is 10.2. The van der Waals surface area contributed by atoms with Crippen molar-refractivity contribution < 1.29 is 4.79 Å². The van der Waals surface area contributed by atoms with E-state index in [0.717, 1.165) is 26.2 Å². The molecule has 4 nitrogen and oxygen atoms in total. The van der Waals surface area contributed by atoms with Gasteiger partial charge >= 0.3 is 0 Å². The summed E-state index contributed by atoms with van der Waals surface area (Å²) in [5.74, 6) is 1.62. The minimum absolute atomic E-state index is 0.236. The van der Waals surface area contributed by atoms with E-state index in [-0.39, 0.29) is 5.91 Å². The van der Waals surface area contributed by atoms with Gasteiger partial charge in [0.25, 0.3) is 0 Å². The molecule has 0 aromatic heterocycles. The summed E-state index contributed by atoms with van der Waals surface area (Å²) in [5, 5.41) is 6.71. The summed E-state index contributed by atoms with van der Waals surface area (Å²) in [5.41, 5.74) is 1.44. The standard InChI is InChI=1S/C17H25N3O/c1-13-12-20(8-7-19-13)17(21)11-18-10-15-9-16(15)14-5-3-2-4-6-14/h2-6,13,15-16,18-19H,7-12H2,1H3. The van der Waals surface area contributed by atoms with Crippen LogP contribution in [0.4, 0.5) is 0 Å². The number of nitrogens with one attached hydrogen (secondary N) is 2. The number of hydrogen-bond acceptors (Lipinski definition) is 3. The van der Waals surface area contributed by atoms with Gasteiger partial charge in [-0.05, 0) is 37.3 Å². The molecule has 4 heteroatoms. The van der Waals surface area contributed by atoms with Crippen molar-refractivity contribution in [2.24, 2.45) is 5.92 Å². The van der Waals surface area contributed by atoms with Gasteiger partial charge < -0.3 is 15.5 Å². The topological polar surface area (TPSA) is 44.4 Å². The van der Waals surface area contributed by atoms with Crippen LogP contribution in [0.1, 0.15) is 24.8 Å². The van der Waals surface area contributed by atoms with E-state index in [2.05, 4.69) is 47.9 Å². The number of nitrogens with zero attached hydrogens (tertiary/aromatic N) is 1. The van der Waals surface area contributed by atoms with Crippen molar-refractivity contribution >= 4 is 5.91 Å². The van der Waals surface area contributed by atoms with Gasteiger partial charge in [0.2, 0.25) is 5.91 Å². The maximum atomic E-state index is 12.1. The lowest BCUT2D eigenvalue weighted by atomic mass is 10.1. The van der Waals surface area contributed by atoms with Crippen LogP contribution in [0.25, 0.3) is 0 Å². The van der Waals surface area contributed by atoms with E-state index in [0.29, 0.717) is 24.4 Å². The molecule has 0 spiro atoms. The zero-order valence-electron chi connectivity index (χ0n) is 12.7. The smallest absolute Gasteiger partial charge is 0.236 e. The number of piperazine rings is 1. The fourth-order valence-corrected chi connectivity index (χ4v) is 3.22. The third kappa shape index (κ3) is 3.83. The van der Waals surface area contributed by atoms with Crippen molar-refractivity contribution in [3.8, 4) is 0 Å². The van der Waals surface area contributed by atoms with E-state index >= 15 is 0 Å². The molecule has 21 heavy (non-hydrogen) atoms. The van der Waals surface area contributed by atoms with Crippen molar-refractivity contribution in [3.05, 3.63) is 35.9 Å². The van der Waals surface area contributed by atoms with Gasteiger partial charge in [0.15, 0.2) is 0 Å². The molecule has 1 heterocycles. The van der Waals surface area contributed by atoms with E-state index in [1.807, 2.05) is 4.90 Å². The molecule has 1 aromatic carbocycles. The Labute approximate surface area is 126 Å². The van der Waals surface area contributed by atoms with E-state index in [9.17, 15) is 4.79 Å². The minimum atomic E-state index is 0.236. The summed E-state index contributed by atoms with van der Waals surface area (Å²) < 4.78 is 0. The average molecular weight is 287 g/mol. The zero-order chi connectivity index (χ0) is 14.7. The zero-order valence-corrected chi connectivity index (χ0v) is 12.7. The van der Waals surface area contributed by atoms with Crippen LogP contribution in [0.3, 0.4) is 0 Å². The molecule has 114 valence electrons. The van der Waals surface area contributed by atoms with Gasteiger partial charge in [0.1, 0.15) is 0 Å². The molecule has 1 aromatic rings. The van der Waals surface area contributed by atoms with Crippen molar-refractivity contribution in [2.75, 3.05) is 32.7 Å². The fraction of sp³-hybridized carbons (Fsp3) is 0.588. The summed E-state index contributed by atoms with van der Waals surface area (Å²) in [7, 11) is 0. The Bertz CT molecular complexity index is 476. The lowest BCUT2D eigenvalue weighted by molar-refractivity contribution is -0.131. The summed E-state index contributed by atoms with van der Waals surface area (Å²) in [6.07, 6.45) is 1.25. The van der Waals surface area contributed by atoms with Crippen molar-refractivity contribution in [1.29, 1.82) is 0 Å². The van der Waals surface area contributed by atoms with Gasteiger partial charge in [0, 0.05) is 25.7 Å². The van der Waals surface area contributed by atoms with Gasteiger partial charge in [-0.1, -0.05) is 30.3 Å². The summed E-state index contributed by atoms with van der Waals surface area (Å²) >= 11 is 0. The molecule has 3 rings (SSSR count). The van der Waals surface area contributed by atoms with Gasteiger partial charge in [-0.3, -0.25) is 4.79 Å². The Morgan fingerprint density at radius 2 is 2.19 bits per heavy atom. The monoisotopic (exact) mass is 287 g/mol.